The molecule has 0 spiro atoms. The first-order valence-electron chi connectivity index (χ1n) is 6.05. The molecule has 0 amide bonds. The Kier molecular flexibility index (Phi) is 4.43. The third kappa shape index (κ3) is 3.70. The standard InChI is InChI=1S/C15H12ClF2NO2/c16-11-6-7-13(19)12(8-11)14(20)21-9-15(17,18)10-4-2-1-3-5-10/h1-8H,9,19H2. The number of anilines is 1. The summed E-state index contributed by atoms with van der Waals surface area (Å²) in [4.78, 5) is 11.8. The highest BCUT2D eigenvalue weighted by Gasteiger charge is 2.33. The summed E-state index contributed by atoms with van der Waals surface area (Å²) in [6, 6.07) is 11.3. The van der Waals surface area contributed by atoms with Crippen LogP contribution in [0.2, 0.25) is 5.02 Å². The van der Waals surface area contributed by atoms with Gasteiger partial charge in [0.15, 0.2) is 6.61 Å². The van der Waals surface area contributed by atoms with Gasteiger partial charge in [-0.25, -0.2) is 4.79 Å². The Morgan fingerprint density at radius 1 is 1.19 bits per heavy atom. The van der Waals surface area contributed by atoms with Gasteiger partial charge in [0.25, 0.3) is 0 Å². The molecule has 2 N–H and O–H groups in total. The van der Waals surface area contributed by atoms with Crippen LogP contribution in [0.25, 0.3) is 0 Å². The lowest BCUT2D eigenvalue weighted by Crippen LogP contribution is -2.23. The monoisotopic (exact) mass is 311 g/mol. The molecule has 0 fully saturated rings. The lowest BCUT2D eigenvalue weighted by atomic mass is 10.1. The van der Waals surface area contributed by atoms with Crippen LogP contribution >= 0.6 is 11.6 Å². The van der Waals surface area contributed by atoms with Crippen molar-refractivity contribution in [3.8, 4) is 0 Å². The number of carbonyl (C=O) groups excluding carboxylic acids is 1. The molecule has 110 valence electrons. The third-order valence-electron chi connectivity index (χ3n) is 2.82. The second-order valence-corrected chi connectivity index (χ2v) is 4.81. The fraction of sp³-hybridized carbons (Fsp3) is 0.133. The van der Waals surface area contributed by atoms with Crippen LogP contribution in [-0.2, 0) is 10.7 Å². The Hall–Kier alpha value is -2.14. The third-order valence-corrected chi connectivity index (χ3v) is 3.05. The topological polar surface area (TPSA) is 52.3 Å². The van der Waals surface area contributed by atoms with Crippen molar-refractivity contribution in [1.29, 1.82) is 0 Å². The molecule has 6 heteroatoms. The number of rotatable bonds is 4. The van der Waals surface area contributed by atoms with Crippen LogP contribution in [0.15, 0.2) is 48.5 Å². The highest BCUT2D eigenvalue weighted by molar-refractivity contribution is 6.31. The van der Waals surface area contributed by atoms with E-state index in [9.17, 15) is 13.6 Å². The summed E-state index contributed by atoms with van der Waals surface area (Å²) in [5.74, 6) is -4.21. The molecule has 0 aliphatic carbocycles. The van der Waals surface area contributed by atoms with Crippen LogP contribution in [-0.4, -0.2) is 12.6 Å². The molecule has 0 saturated carbocycles. The van der Waals surface area contributed by atoms with Gasteiger partial charge in [-0.1, -0.05) is 41.9 Å². The van der Waals surface area contributed by atoms with Gasteiger partial charge in [-0.2, -0.15) is 8.78 Å². The summed E-state index contributed by atoms with van der Waals surface area (Å²) in [6.45, 7) is -1.07. The van der Waals surface area contributed by atoms with E-state index in [4.69, 9.17) is 17.3 Å². The quantitative estimate of drug-likeness (QED) is 0.689. The minimum atomic E-state index is -3.27. The van der Waals surface area contributed by atoms with Gasteiger partial charge in [-0.3, -0.25) is 0 Å². The van der Waals surface area contributed by atoms with E-state index in [1.807, 2.05) is 0 Å². The van der Waals surface area contributed by atoms with E-state index in [0.717, 1.165) is 0 Å². The van der Waals surface area contributed by atoms with E-state index < -0.39 is 18.5 Å². The number of alkyl halides is 2. The van der Waals surface area contributed by atoms with Gasteiger partial charge in [0.2, 0.25) is 0 Å². The molecule has 0 atom stereocenters. The van der Waals surface area contributed by atoms with Gasteiger partial charge in [0.1, 0.15) is 0 Å². The number of halogens is 3. The van der Waals surface area contributed by atoms with Crippen LogP contribution in [0.3, 0.4) is 0 Å². The normalized spacial score (nSPS) is 11.2. The molecule has 3 nitrogen and oxygen atoms in total. The van der Waals surface area contributed by atoms with Crippen molar-refractivity contribution in [2.45, 2.75) is 5.92 Å². The van der Waals surface area contributed by atoms with E-state index in [2.05, 4.69) is 4.74 Å². The lowest BCUT2D eigenvalue weighted by Gasteiger charge is -2.17. The summed E-state index contributed by atoms with van der Waals surface area (Å²) in [6.07, 6.45) is 0. The molecular formula is C15H12ClF2NO2. The number of carbonyl (C=O) groups is 1. The van der Waals surface area contributed by atoms with Gasteiger partial charge in [-0.15, -0.1) is 0 Å². The van der Waals surface area contributed by atoms with Crippen molar-refractivity contribution in [2.24, 2.45) is 0 Å². The van der Waals surface area contributed by atoms with Crippen LogP contribution < -0.4 is 5.73 Å². The highest BCUT2D eigenvalue weighted by Crippen LogP contribution is 2.28. The molecule has 0 radical (unpaired) electrons. The molecule has 2 aromatic carbocycles. The molecule has 0 aliphatic rings. The summed E-state index contributed by atoms with van der Waals surface area (Å²) in [7, 11) is 0. The first-order valence-corrected chi connectivity index (χ1v) is 6.43. The average Bonchev–Trinajstić information content (AvgIpc) is 2.48. The number of benzene rings is 2. The summed E-state index contributed by atoms with van der Waals surface area (Å²) in [5, 5.41) is 0.269. The number of ether oxygens (including phenoxy) is 1. The molecule has 21 heavy (non-hydrogen) atoms. The molecule has 2 aromatic rings. The van der Waals surface area contributed by atoms with E-state index in [0.29, 0.717) is 0 Å². The summed E-state index contributed by atoms with van der Waals surface area (Å²) < 4.78 is 32.4. The highest BCUT2D eigenvalue weighted by atomic mass is 35.5. The zero-order chi connectivity index (χ0) is 15.5. The summed E-state index contributed by atoms with van der Waals surface area (Å²) in [5.41, 5.74) is 5.45. The second-order valence-electron chi connectivity index (χ2n) is 4.38. The molecule has 0 aliphatic heterocycles. The van der Waals surface area contributed by atoms with E-state index in [1.54, 1.807) is 6.07 Å². The maximum Gasteiger partial charge on any atom is 0.340 e. The Balaban J connectivity index is 2.09. The average molecular weight is 312 g/mol. The first kappa shape index (κ1) is 15.3. The fourth-order valence-corrected chi connectivity index (χ4v) is 1.88. The SMILES string of the molecule is Nc1ccc(Cl)cc1C(=O)OCC(F)(F)c1ccccc1. The number of nitrogen functional groups attached to an aromatic ring is 1. The largest absolute Gasteiger partial charge is 0.455 e. The predicted octanol–water partition coefficient (Wildman–Crippen LogP) is 3.87. The fourth-order valence-electron chi connectivity index (χ4n) is 1.70. The second kappa shape index (κ2) is 6.10. The van der Waals surface area contributed by atoms with Crippen molar-refractivity contribution < 1.29 is 18.3 Å². The number of hydrogen-bond acceptors (Lipinski definition) is 3. The Morgan fingerprint density at radius 3 is 2.52 bits per heavy atom. The summed E-state index contributed by atoms with van der Waals surface area (Å²) >= 11 is 5.74. The van der Waals surface area contributed by atoms with Crippen LogP contribution in [0.4, 0.5) is 14.5 Å². The lowest BCUT2D eigenvalue weighted by molar-refractivity contribution is -0.0661. The van der Waals surface area contributed by atoms with Crippen molar-refractivity contribution in [3.63, 3.8) is 0 Å². The van der Waals surface area contributed by atoms with Crippen molar-refractivity contribution >= 4 is 23.3 Å². The van der Waals surface area contributed by atoms with Gasteiger partial charge in [-0.05, 0) is 18.2 Å². The van der Waals surface area contributed by atoms with Gasteiger partial charge in [0, 0.05) is 16.3 Å². The molecule has 2 rings (SSSR count). The number of nitrogens with two attached hydrogens (primary N) is 1. The Bertz CT molecular complexity index is 647. The van der Waals surface area contributed by atoms with Gasteiger partial charge in [0.05, 0.1) is 5.56 Å². The van der Waals surface area contributed by atoms with E-state index >= 15 is 0 Å². The van der Waals surface area contributed by atoms with Crippen molar-refractivity contribution in [3.05, 3.63) is 64.7 Å². The molecule has 0 bridgehead atoms. The molecular weight excluding hydrogens is 300 g/mol. The predicted molar refractivity (Wildman–Crippen MR) is 76.5 cm³/mol. The van der Waals surface area contributed by atoms with E-state index in [-0.39, 0.29) is 21.8 Å². The van der Waals surface area contributed by atoms with Crippen LogP contribution in [0.5, 0.6) is 0 Å². The smallest absolute Gasteiger partial charge is 0.340 e. The van der Waals surface area contributed by atoms with Crippen LogP contribution in [0.1, 0.15) is 15.9 Å². The molecule has 0 unspecified atom stereocenters. The Labute approximate surface area is 125 Å². The molecule has 0 saturated heterocycles. The van der Waals surface area contributed by atoms with Crippen molar-refractivity contribution in [1.82, 2.24) is 0 Å². The van der Waals surface area contributed by atoms with Crippen LogP contribution in [0, 0.1) is 0 Å². The Morgan fingerprint density at radius 2 is 1.86 bits per heavy atom. The first-order chi connectivity index (χ1) is 9.90. The number of hydrogen-bond donors (Lipinski definition) is 1. The van der Waals surface area contributed by atoms with Gasteiger partial charge >= 0.3 is 11.9 Å². The van der Waals surface area contributed by atoms with E-state index in [1.165, 1.54) is 42.5 Å². The van der Waals surface area contributed by atoms with Gasteiger partial charge < -0.3 is 10.5 Å². The number of esters is 1. The maximum atomic E-state index is 13.9. The zero-order valence-electron chi connectivity index (χ0n) is 10.9. The minimum absolute atomic E-state index is 0.0358. The van der Waals surface area contributed by atoms with Crippen molar-refractivity contribution in [2.75, 3.05) is 12.3 Å². The molecule has 0 heterocycles. The molecule has 0 aromatic heterocycles. The maximum absolute atomic E-state index is 13.9. The minimum Gasteiger partial charge on any atom is -0.455 e. The zero-order valence-corrected chi connectivity index (χ0v) is 11.6.